The van der Waals surface area contributed by atoms with Gasteiger partial charge in [0.05, 0.1) is 30.1 Å². The molecule has 0 bridgehead atoms. The summed E-state index contributed by atoms with van der Waals surface area (Å²) in [5, 5.41) is 8.04. The molecule has 9 heteroatoms. The van der Waals surface area contributed by atoms with Crippen LogP contribution in [-0.2, 0) is 9.53 Å². The molecule has 3 rings (SSSR count). The number of rotatable bonds is 7. The zero-order valence-electron chi connectivity index (χ0n) is 17.2. The summed E-state index contributed by atoms with van der Waals surface area (Å²) >= 11 is 12.5. The number of hydrogen-bond donors (Lipinski definition) is 1. The van der Waals surface area contributed by atoms with Crippen molar-refractivity contribution in [3.05, 3.63) is 63.8 Å². The number of aromatic nitrogens is 2. The fourth-order valence-electron chi connectivity index (χ4n) is 3.07. The van der Waals surface area contributed by atoms with Crippen LogP contribution >= 0.6 is 23.2 Å². The molecule has 162 valence electrons. The van der Waals surface area contributed by atoms with E-state index >= 15 is 0 Å². The number of benzene rings is 2. The Hall–Kier alpha value is -3.03. The first kappa shape index (κ1) is 22.7. The lowest BCUT2D eigenvalue weighted by Gasteiger charge is -2.11. The lowest BCUT2D eigenvalue weighted by atomic mass is 10.1. The van der Waals surface area contributed by atoms with Gasteiger partial charge in [0.2, 0.25) is 0 Å². The number of ether oxygens (including phenoxy) is 2. The molecule has 1 N–H and O–H groups in total. The molecule has 1 heterocycles. The highest BCUT2D eigenvalue weighted by molar-refractivity contribution is 6.32. The highest BCUT2D eigenvalue weighted by Crippen LogP contribution is 2.33. The lowest BCUT2D eigenvalue weighted by Crippen LogP contribution is -2.31. The Labute approximate surface area is 189 Å². The second kappa shape index (κ2) is 9.85. The quantitative estimate of drug-likeness (QED) is 0.525. The van der Waals surface area contributed by atoms with Crippen molar-refractivity contribution >= 4 is 35.1 Å². The van der Waals surface area contributed by atoms with Crippen LogP contribution in [0.4, 0.5) is 0 Å². The smallest absolute Gasteiger partial charge is 0.325 e. The molecule has 0 radical (unpaired) electrons. The zero-order chi connectivity index (χ0) is 22.5. The van der Waals surface area contributed by atoms with Crippen LogP contribution in [0.25, 0.3) is 16.9 Å². The van der Waals surface area contributed by atoms with Crippen LogP contribution in [0, 0.1) is 6.92 Å². The van der Waals surface area contributed by atoms with Crippen LogP contribution in [0.15, 0.2) is 42.5 Å². The summed E-state index contributed by atoms with van der Waals surface area (Å²) in [4.78, 5) is 24.4. The molecule has 0 aliphatic rings. The molecule has 0 aliphatic heterocycles. The average molecular weight is 462 g/mol. The minimum absolute atomic E-state index is 0.168. The van der Waals surface area contributed by atoms with Crippen molar-refractivity contribution in [1.82, 2.24) is 15.1 Å². The van der Waals surface area contributed by atoms with Gasteiger partial charge < -0.3 is 14.8 Å². The predicted molar refractivity (Wildman–Crippen MR) is 119 cm³/mol. The number of hydrogen-bond acceptors (Lipinski definition) is 5. The predicted octanol–water partition coefficient (Wildman–Crippen LogP) is 4.46. The first-order valence-electron chi connectivity index (χ1n) is 9.49. The molecule has 0 spiro atoms. The lowest BCUT2D eigenvalue weighted by molar-refractivity contribution is -0.141. The Morgan fingerprint density at radius 2 is 1.84 bits per heavy atom. The molecule has 0 aliphatic carbocycles. The van der Waals surface area contributed by atoms with E-state index in [1.165, 1.54) is 0 Å². The SMILES string of the molecule is CCOC(=O)CNC(=O)c1nn(-c2ccc(OC)cc2Cl)c(-c2ccc(Cl)cc2)c1C. The van der Waals surface area contributed by atoms with Gasteiger partial charge in [0.15, 0.2) is 5.69 Å². The van der Waals surface area contributed by atoms with Crippen LogP contribution in [0.5, 0.6) is 5.75 Å². The van der Waals surface area contributed by atoms with Crippen LogP contribution in [0.1, 0.15) is 23.0 Å². The normalized spacial score (nSPS) is 10.6. The van der Waals surface area contributed by atoms with E-state index in [1.54, 1.807) is 56.0 Å². The first-order valence-corrected chi connectivity index (χ1v) is 10.2. The summed E-state index contributed by atoms with van der Waals surface area (Å²) in [6, 6.07) is 12.4. The van der Waals surface area contributed by atoms with Crippen molar-refractivity contribution in [2.45, 2.75) is 13.8 Å². The van der Waals surface area contributed by atoms with Gasteiger partial charge in [-0.3, -0.25) is 9.59 Å². The number of carbonyl (C=O) groups excluding carboxylic acids is 2. The van der Waals surface area contributed by atoms with Crippen LogP contribution in [-0.4, -0.2) is 41.9 Å². The number of methoxy groups -OCH3 is 1. The summed E-state index contributed by atoms with van der Waals surface area (Å²) in [6.45, 7) is 3.46. The molecular formula is C22H21Cl2N3O4. The van der Waals surface area contributed by atoms with Crippen LogP contribution in [0.3, 0.4) is 0 Å². The van der Waals surface area contributed by atoms with Crippen molar-refractivity contribution in [3.63, 3.8) is 0 Å². The summed E-state index contributed by atoms with van der Waals surface area (Å²) in [6.07, 6.45) is 0. The minimum atomic E-state index is -0.524. The highest BCUT2D eigenvalue weighted by atomic mass is 35.5. The van der Waals surface area contributed by atoms with Crippen molar-refractivity contribution in [2.75, 3.05) is 20.3 Å². The average Bonchev–Trinajstić information content (AvgIpc) is 3.09. The molecule has 7 nitrogen and oxygen atoms in total. The Bertz CT molecular complexity index is 1110. The number of carbonyl (C=O) groups is 2. The van der Waals surface area contributed by atoms with Gasteiger partial charge in [-0.05, 0) is 38.1 Å². The topological polar surface area (TPSA) is 82.5 Å². The fourth-order valence-corrected chi connectivity index (χ4v) is 3.44. The fraction of sp³-hybridized carbons (Fsp3) is 0.227. The van der Waals surface area contributed by atoms with E-state index in [1.807, 2.05) is 12.1 Å². The van der Waals surface area contributed by atoms with Crippen LogP contribution in [0.2, 0.25) is 10.0 Å². The first-order chi connectivity index (χ1) is 14.8. The van der Waals surface area contributed by atoms with Crippen molar-refractivity contribution < 1.29 is 19.1 Å². The molecule has 0 atom stereocenters. The highest BCUT2D eigenvalue weighted by Gasteiger charge is 2.23. The van der Waals surface area contributed by atoms with E-state index in [-0.39, 0.29) is 18.8 Å². The van der Waals surface area contributed by atoms with Crippen molar-refractivity contribution in [3.8, 4) is 22.7 Å². The number of esters is 1. The van der Waals surface area contributed by atoms with E-state index in [0.29, 0.717) is 32.7 Å². The van der Waals surface area contributed by atoms with E-state index < -0.39 is 11.9 Å². The van der Waals surface area contributed by atoms with Gasteiger partial charge in [-0.2, -0.15) is 5.10 Å². The summed E-state index contributed by atoms with van der Waals surface area (Å²) in [5.41, 5.74) is 2.83. The van der Waals surface area contributed by atoms with Gasteiger partial charge in [-0.25, -0.2) is 4.68 Å². The molecule has 1 aromatic heterocycles. The van der Waals surface area contributed by atoms with Gasteiger partial charge in [-0.15, -0.1) is 0 Å². The van der Waals surface area contributed by atoms with Gasteiger partial charge in [-0.1, -0.05) is 35.3 Å². The Kier molecular flexibility index (Phi) is 7.20. The molecule has 0 saturated carbocycles. The van der Waals surface area contributed by atoms with Gasteiger partial charge in [0.25, 0.3) is 5.91 Å². The van der Waals surface area contributed by atoms with Crippen molar-refractivity contribution in [1.29, 1.82) is 0 Å². The monoisotopic (exact) mass is 461 g/mol. The summed E-state index contributed by atoms with van der Waals surface area (Å²) in [5.74, 6) is -0.425. The molecule has 1 amide bonds. The molecular weight excluding hydrogens is 441 g/mol. The standard InChI is InChI=1S/C22H21Cl2N3O4/c1-4-31-19(28)12-25-22(29)20-13(2)21(14-5-7-15(23)8-6-14)27(26-20)18-10-9-16(30-3)11-17(18)24/h5-11H,4,12H2,1-3H3,(H,25,29). The van der Waals surface area contributed by atoms with Crippen molar-refractivity contribution in [2.24, 2.45) is 0 Å². The van der Waals surface area contributed by atoms with E-state index in [0.717, 1.165) is 5.56 Å². The molecule has 0 saturated heterocycles. The maximum Gasteiger partial charge on any atom is 0.325 e. The molecule has 3 aromatic rings. The maximum atomic E-state index is 12.8. The summed E-state index contributed by atoms with van der Waals surface area (Å²) < 4.78 is 11.7. The minimum Gasteiger partial charge on any atom is -0.497 e. The third-order valence-electron chi connectivity index (χ3n) is 4.54. The Morgan fingerprint density at radius 3 is 2.45 bits per heavy atom. The Balaban J connectivity index is 2.08. The molecule has 2 aromatic carbocycles. The second-order valence-electron chi connectivity index (χ2n) is 6.55. The maximum absolute atomic E-state index is 12.8. The number of nitrogens with one attached hydrogen (secondary N) is 1. The van der Waals surface area contributed by atoms with Gasteiger partial charge in [0.1, 0.15) is 12.3 Å². The largest absolute Gasteiger partial charge is 0.497 e. The van der Waals surface area contributed by atoms with Gasteiger partial charge >= 0.3 is 5.97 Å². The van der Waals surface area contributed by atoms with E-state index in [4.69, 9.17) is 32.7 Å². The number of amides is 1. The van der Waals surface area contributed by atoms with E-state index in [2.05, 4.69) is 10.4 Å². The third kappa shape index (κ3) is 5.00. The van der Waals surface area contributed by atoms with Crippen LogP contribution < -0.4 is 10.1 Å². The zero-order valence-corrected chi connectivity index (χ0v) is 18.8. The third-order valence-corrected chi connectivity index (χ3v) is 5.09. The van der Waals surface area contributed by atoms with E-state index in [9.17, 15) is 9.59 Å². The van der Waals surface area contributed by atoms with Gasteiger partial charge in [0, 0.05) is 22.2 Å². The second-order valence-corrected chi connectivity index (χ2v) is 7.39. The summed E-state index contributed by atoms with van der Waals surface area (Å²) in [7, 11) is 1.55. The Morgan fingerprint density at radius 1 is 1.13 bits per heavy atom. The number of halogens is 2. The number of nitrogens with zero attached hydrogens (tertiary/aromatic N) is 2. The molecule has 0 fully saturated rings. The molecule has 31 heavy (non-hydrogen) atoms. The molecule has 0 unspecified atom stereocenters.